The third kappa shape index (κ3) is 3.06. The van der Waals surface area contributed by atoms with Crippen molar-refractivity contribution >= 4 is 5.91 Å². The highest BCUT2D eigenvalue weighted by Gasteiger charge is 2.27. The lowest BCUT2D eigenvalue weighted by Gasteiger charge is -2.15. The van der Waals surface area contributed by atoms with E-state index in [1.807, 2.05) is 4.90 Å². The number of aryl methyl sites for hydroxylation is 1. The molecule has 3 rings (SSSR count). The molecule has 118 valence electrons. The quantitative estimate of drug-likeness (QED) is 0.914. The van der Waals surface area contributed by atoms with E-state index in [4.69, 9.17) is 13.9 Å². The molecule has 0 radical (unpaired) electrons. The first kappa shape index (κ1) is 14.8. The summed E-state index contributed by atoms with van der Waals surface area (Å²) < 4.78 is 10.8. The molecule has 0 bridgehead atoms. The highest BCUT2D eigenvalue weighted by Crippen LogP contribution is 2.24. The molecule has 22 heavy (non-hydrogen) atoms. The second-order valence-electron chi connectivity index (χ2n) is 5.68. The van der Waals surface area contributed by atoms with Crippen molar-refractivity contribution in [2.75, 3.05) is 19.7 Å². The molecule has 0 spiro atoms. The lowest BCUT2D eigenvalue weighted by molar-refractivity contribution is -0.129. The van der Waals surface area contributed by atoms with Gasteiger partial charge in [0.15, 0.2) is 5.76 Å². The monoisotopic (exact) mass is 304 g/mol. The molecule has 2 aromatic rings. The Bertz CT molecular complexity index is 633. The number of likely N-dealkylation sites (tertiary alicyclic amines) is 1. The van der Waals surface area contributed by atoms with Crippen LogP contribution in [0.15, 0.2) is 27.2 Å². The van der Waals surface area contributed by atoms with Crippen LogP contribution >= 0.6 is 0 Å². The van der Waals surface area contributed by atoms with E-state index in [1.54, 1.807) is 25.3 Å². The number of amides is 1. The summed E-state index contributed by atoms with van der Waals surface area (Å²) in [6.45, 7) is 3.47. The molecule has 0 unspecified atom stereocenters. The predicted octanol–water partition coefficient (Wildman–Crippen LogP) is 2.02. The Balaban J connectivity index is 1.65. The first-order valence-corrected chi connectivity index (χ1v) is 7.56. The molecule has 1 saturated heterocycles. The number of aromatic nitrogens is 1. The minimum Gasteiger partial charge on any atom is -0.459 e. The molecule has 2 aromatic heterocycles. The molecular weight excluding hydrogens is 284 g/mol. The summed E-state index contributed by atoms with van der Waals surface area (Å²) in [7, 11) is 0. The third-order valence-electron chi connectivity index (χ3n) is 4.12. The van der Waals surface area contributed by atoms with Gasteiger partial charge in [-0.15, -0.1) is 0 Å². The van der Waals surface area contributed by atoms with Gasteiger partial charge in [-0.2, -0.15) is 0 Å². The van der Waals surface area contributed by atoms with Crippen molar-refractivity contribution in [3.63, 3.8) is 0 Å². The van der Waals surface area contributed by atoms with Crippen LogP contribution in [-0.2, 0) is 11.2 Å². The normalized spacial score (nSPS) is 18.1. The van der Waals surface area contributed by atoms with Gasteiger partial charge in [0.05, 0.1) is 18.4 Å². The van der Waals surface area contributed by atoms with E-state index in [1.165, 1.54) is 0 Å². The summed E-state index contributed by atoms with van der Waals surface area (Å²) >= 11 is 0. The average molecular weight is 304 g/mol. The van der Waals surface area contributed by atoms with Crippen LogP contribution in [-0.4, -0.2) is 40.6 Å². The second-order valence-corrected chi connectivity index (χ2v) is 5.68. The number of hydrogen-bond donors (Lipinski definition) is 1. The number of oxazole rings is 1. The van der Waals surface area contributed by atoms with Crippen LogP contribution in [0, 0.1) is 12.8 Å². The lowest BCUT2D eigenvalue weighted by Crippen LogP contribution is -2.30. The van der Waals surface area contributed by atoms with Crippen molar-refractivity contribution in [3.8, 4) is 11.7 Å². The number of nitrogens with zero attached hydrogens (tertiary/aromatic N) is 2. The Morgan fingerprint density at radius 2 is 2.41 bits per heavy atom. The van der Waals surface area contributed by atoms with E-state index in [9.17, 15) is 4.79 Å². The smallest absolute Gasteiger partial charge is 0.263 e. The van der Waals surface area contributed by atoms with Crippen LogP contribution in [0.25, 0.3) is 11.7 Å². The molecule has 6 nitrogen and oxygen atoms in total. The van der Waals surface area contributed by atoms with Crippen molar-refractivity contribution in [2.24, 2.45) is 5.92 Å². The Labute approximate surface area is 128 Å². The number of hydrogen-bond acceptors (Lipinski definition) is 5. The maximum absolute atomic E-state index is 12.4. The van der Waals surface area contributed by atoms with Crippen LogP contribution in [0.1, 0.15) is 24.3 Å². The Morgan fingerprint density at radius 3 is 3.14 bits per heavy atom. The number of aliphatic hydroxyl groups excluding tert-OH is 1. The standard InChI is InChI=1S/C16H20N2O4/c1-11-13(17-16(22-11)14-3-2-8-21-14)9-15(20)18-6-4-12(10-18)5-7-19/h2-3,8,12,19H,4-7,9-10H2,1H3/t12-/m0/s1. The minimum absolute atomic E-state index is 0.0582. The molecule has 0 aliphatic carbocycles. The van der Waals surface area contributed by atoms with Crippen molar-refractivity contribution in [1.82, 2.24) is 9.88 Å². The first-order valence-electron chi connectivity index (χ1n) is 7.56. The summed E-state index contributed by atoms with van der Waals surface area (Å²) in [6.07, 6.45) is 3.52. The third-order valence-corrected chi connectivity index (χ3v) is 4.12. The van der Waals surface area contributed by atoms with Gasteiger partial charge in [-0.05, 0) is 37.8 Å². The van der Waals surface area contributed by atoms with Gasteiger partial charge in [-0.3, -0.25) is 4.79 Å². The number of carbonyl (C=O) groups excluding carboxylic acids is 1. The van der Waals surface area contributed by atoms with Gasteiger partial charge in [0.1, 0.15) is 5.76 Å². The average Bonchev–Trinajstić information content (AvgIpc) is 3.21. The lowest BCUT2D eigenvalue weighted by atomic mass is 10.1. The van der Waals surface area contributed by atoms with E-state index < -0.39 is 0 Å². The van der Waals surface area contributed by atoms with Crippen LogP contribution in [0.2, 0.25) is 0 Å². The van der Waals surface area contributed by atoms with Gasteiger partial charge in [-0.25, -0.2) is 4.98 Å². The molecule has 0 aromatic carbocycles. The van der Waals surface area contributed by atoms with E-state index in [-0.39, 0.29) is 18.9 Å². The van der Waals surface area contributed by atoms with Crippen LogP contribution in [0.4, 0.5) is 0 Å². The zero-order chi connectivity index (χ0) is 15.5. The highest BCUT2D eigenvalue weighted by molar-refractivity contribution is 5.79. The largest absolute Gasteiger partial charge is 0.459 e. The maximum atomic E-state index is 12.4. The summed E-state index contributed by atoms with van der Waals surface area (Å²) in [6, 6.07) is 3.54. The fraction of sp³-hybridized carbons (Fsp3) is 0.500. The van der Waals surface area contributed by atoms with Crippen molar-refractivity contribution < 1.29 is 18.7 Å². The molecule has 6 heteroatoms. The predicted molar refractivity (Wildman–Crippen MR) is 79.0 cm³/mol. The summed E-state index contributed by atoms with van der Waals surface area (Å²) in [5.41, 5.74) is 0.655. The van der Waals surface area contributed by atoms with Crippen molar-refractivity contribution in [2.45, 2.75) is 26.2 Å². The molecule has 1 aliphatic heterocycles. The molecule has 1 N–H and O–H groups in total. The molecule has 1 amide bonds. The summed E-state index contributed by atoms with van der Waals surface area (Å²) in [5, 5.41) is 8.98. The number of rotatable bonds is 5. The van der Waals surface area contributed by atoms with Gasteiger partial charge in [0.25, 0.3) is 5.89 Å². The van der Waals surface area contributed by atoms with Crippen LogP contribution in [0.5, 0.6) is 0 Å². The van der Waals surface area contributed by atoms with Crippen LogP contribution < -0.4 is 0 Å². The zero-order valence-corrected chi connectivity index (χ0v) is 12.6. The molecule has 1 atom stereocenters. The number of carbonyl (C=O) groups is 1. The van der Waals surface area contributed by atoms with Gasteiger partial charge in [-0.1, -0.05) is 0 Å². The molecule has 3 heterocycles. The Hall–Kier alpha value is -2.08. The van der Waals surface area contributed by atoms with Crippen LogP contribution in [0.3, 0.4) is 0 Å². The summed E-state index contributed by atoms with van der Waals surface area (Å²) in [5.74, 6) is 2.08. The fourth-order valence-corrected chi connectivity index (χ4v) is 2.83. The van der Waals surface area contributed by atoms with Crippen molar-refractivity contribution in [1.29, 1.82) is 0 Å². The SMILES string of the molecule is Cc1oc(-c2ccco2)nc1CC(=O)N1CC[C@@H](CCO)C1. The summed E-state index contributed by atoms with van der Waals surface area (Å²) in [4.78, 5) is 18.6. The maximum Gasteiger partial charge on any atom is 0.263 e. The second kappa shape index (κ2) is 6.36. The van der Waals surface area contributed by atoms with Gasteiger partial charge in [0.2, 0.25) is 5.91 Å². The number of aliphatic hydroxyl groups is 1. The fourth-order valence-electron chi connectivity index (χ4n) is 2.83. The minimum atomic E-state index is 0.0582. The number of furan rings is 1. The Morgan fingerprint density at radius 1 is 1.55 bits per heavy atom. The van der Waals surface area contributed by atoms with Gasteiger partial charge < -0.3 is 18.8 Å². The van der Waals surface area contributed by atoms with Crippen molar-refractivity contribution in [3.05, 3.63) is 29.9 Å². The zero-order valence-electron chi connectivity index (χ0n) is 12.6. The van der Waals surface area contributed by atoms with E-state index in [0.29, 0.717) is 29.0 Å². The molecule has 0 saturated carbocycles. The Kier molecular flexibility index (Phi) is 4.29. The van der Waals surface area contributed by atoms with E-state index in [2.05, 4.69) is 4.98 Å². The highest BCUT2D eigenvalue weighted by atomic mass is 16.4. The van der Waals surface area contributed by atoms with E-state index in [0.717, 1.165) is 25.9 Å². The topological polar surface area (TPSA) is 79.7 Å². The molecule has 1 fully saturated rings. The van der Waals surface area contributed by atoms with Gasteiger partial charge >= 0.3 is 0 Å². The molecular formula is C16H20N2O4. The molecule has 1 aliphatic rings. The van der Waals surface area contributed by atoms with Gasteiger partial charge in [0, 0.05) is 19.7 Å². The first-order chi connectivity index (χ1) is 10.7. The van der Waals surface area contributed by atoms with E-state index >= 15 is 0 Å².